The summed E-state index contributed by atoms with van der Waals surface area (Å²) in [5.41, 5.74) is 0.522. The second kappa shape index (κ2) is 3.18. The molecular formula is C8H6N2S. The summed E-state index contributed by atoms with van der Waals surface area (Å²) in [7, 11) is -0.340. The maximum absolute atomic E-state index is 8.65. The zero-order chi connectivity index (χ0) is 8.27. The SMILES string of the molecule is C=S1C=CC=C(C#N)C1C#N. The van der Waals surface area contributed by atoms with E-state index in [1.54, 1.807) is 12.2 Å². The molecule has 0 saturated carbocycles. The maximum atomic E-state index is 8.65. The Morgan fingerprint density at radius 3 is 2.73 bits per heavy atom. The van der Waals surface area contributed by atoms with Crippen LogP contribution in [-0.2, 0) is 0 Å². The van der Waals surface area contributed by atoms with Crippen molar-refractivity contribution in [3.8, 4) is 12.1 Å². The quantitative estimate of drug-likeness (QED) is 0.507. The highest BCUT2D eigenvalue weighted by Crippen LogP contribution is 2.28. The van der Waals surface area contributed by atoms with Crippen molar-refractivity contribution < 1.29 is 0 Å². The monoisotopic (exact) mass is 162 g/mol. The molecule has 0 radical (unpaired) electrons. The molecule has 1 heterocycles. The number of nitriles is 2. The first kappa shape index (κ1) is 7.78. The Hall–Kier alpha value is -1.32. The highest BCUT2D eigenvalue weighted by molar-refractivity contribution is 8.17. The van der Waals surface area contributed by atoms with Crippen LogP contribution >= 0.6 is 10.5 Å². The van der Waals surface area contributed by atoms with Gasteiger partial charge in [0.2, 0.25) is 0 Å². The van der Waals surface area contributed by atoms with E-state index in [0.29, 0.717) is 5.57 Å². The Bertz CT molecular complexity index is 325. The number of rotatable bonds is 0. The van der Waals surface area contributed by atoms with Crippen molar-refractivity contribution in [3.05, 3.63) is 23.1 Å². The van der Waals surface area contributed by atoms with E-state index < -0.39 is 0 Å². The van der Waals surface area contributed by atoms with Gasteiger partial charge in [-0.1, -0.05) is 11.9 Å². The molecule has 2 nitrogen and oxygen atoms in total. The molecule has 11 heavy (non-hydrogen) atoms. The van der Waals surface area contributed by atoms with Crippen molar-refractivity contribution in [2.45, 2.75) is 5.25 Å². The first-order chi connectivity index (χ1) is 5.29. The number of nitrogens with zero attached hydrogens (tertiary/aromatic N) is 2. The van der Waals surface area contributed by atoms with Crippen molar-refractivity contribution in [2.75, 3.05) is 0 Å². The van der Waals surface area contributed by atoms with E-state index in [9.17, 15) is 0 Å². The highest BCUT2D eigenvalue weighted by Gasteiger charge is 2.15. The van der Waals surface area contributed by atoms with Crippen LogP contribution in [0.2, 0.25) is 0 Å². The Morgan fingerprint density at radius 1 is 1.55 bits per heavy atom. The summed E-state index contributed by atoms with van der Waals surface area (Å²) in [5, 5.41) is 18.8. The molecule has 2 unspecified atom stereocenters. The van der Waals surface area contributed by atoms with Gasteiger partial charge in [0, 0.05) is 0 Å². The van der Waals surface area contributed by atoms with Crippen LogP contribution in [-0.4, -0.2) is 11.1 Å². The van der Waals surface area contributed by atoms with E-state index in [0.717, 1.165) is 0 Å². The molecule has 1 rings (SSSR count). The zero-order valence-electron chi connectivity index (χ0n) is 5.82. The first-order valence-corrected chi connectivity index (χ1v) is 4.51. The van der Waals surface area contributed by atoms with Crippen molar-refractivity contribution in [1.82, 2.24) is 0 Å². The number of allylic oxidation sites excluding steroid dienone is 2. The number of hydrogen-bond acceptors (Lipinski definition) is 2. The minimum atomic E-state index is -0.340. The zero-order valence-corrected chi connectivity index (χ0v) is 6.64. The van der Waals surface area contributed by atoms with Gasteiger partial charge in [-0.3, -0.25) is 0 Å². The molecule has 0 aromatic carbocycles. The van der Waals surface area contributed by atoms with Gasteiger partial charge in [-0.25, -0.2) is 0 Å². The van der Waals surface area contributed by atoms with E-state index >= 15 is 0 Å². The molecule has 0 fully saturated rings. The average Bonchev–Trinajstić information content (AvgIpc) is 2.04. The molecule has 3 heteroatoms. The van der Waals surface area contributed by atoms with Crippen molar-refractivity contribution in [1.29, 1.82) is 10.5 Å². The Kier molecular flexibility index (Phi) is 2.25. The van der Waals surface area contributed by atoms with Crippen LogP contribution in [0.1, 0.15) is 0 Å². The van der Waals surface area contributed by atoms with Gasteiger partial charge >= 0.3 is 0 Å². The smallest absolute Gasteiger partial charge is 0.125 e. The minimum Gasteiger partial charge on any atom is -0.197 e. The fraction of sp³-hybridized carbons (Fsp3) is 0.125. The predicted octanol–water partition coefficient (Wildman–Crippen LogP) is 1.56. The van der Waals surface area contributed by atoms with Crippen LogP contribution in [0.4, 0.5) is 0 Å². The molecule has 2 atom stereocenters. The van der Waals surface area contributed by atoms with E-state index in [4.69, 9.17) is 10.5 Å². The Labute approximate surface area is 68.0 Å². The number of hydrogen-bond donors (Lipinski definition) is 0. The minimum absolute atomic E-state index is 0.329. The van der Waals surface area contributed by atoms with Gasteiger partial charge in [0.25, 0.3) is 0 Å². The summed E-state index contributed by atoms with van der Waals surface area (Å²) in [6.07, 6.45) is 3.45. The van der Waals surface area contributed by atoms with Crippen LogP contribution in [0, 0.1) is 22.7 Å². The molecule has 0 amide bonds. The second-order valence-electron chi connectivity index (χ2n) is 2.04. The molecule has 1 aliphatic rings. The standard InChI is InChI=1S/C8H6N2S/c1-11-4-2-3-7(5-9)8(11)6-10/h2-4,8H,1H2. The second-order valence-corrected chi connectivity index (χ2v) is 3.72. The predicted molar refractivity (Wildman–Crippen MR) is 46.9 cm³/mol. The molecule has 0 bridgehead atoms. The van der Waals surface area contributed by atoms with E-state index in [1.165, 1.54) is 0 Å². The van der Waals surface area contributed by atoms with Crippen LogP contribution in [0.25, 0.3) is 0 Å². The van der Waals surface area contributed by atoms with Crippen molar-refractivity contribution >= 4 is 16.4 Å². The van der Waals surface area contributed by atoms with Crippen molar-refractivity contribution in [2.24, 2.45) is 0 Å². The van der Waals surface area contributed by atoms with Gasteiger partial charge in [0.1, 0.15) is 5.25 Å². The molecule has 0 aromatic rings. The fourth-order valence-electron chi connectivity index (χ4n) is 0.806. The molecule has 0 aliphatic carbocycles. The molecule has 1 aliphatic heterocycles. The third kappa shape index (κ3) is 1.39. The Balaban J connectivity index is 3.05. The van der Waals surface area contributed by atoms with Gasteiger partial charge in [-0.15, -0.1) is 10.5 Å². The summed E-state index contributed by atoms with van der Waals surface area (Å²) in [5.74, 6) is 3.77. The fourth-order valence-corrected chi connectivity index (χ4v) is 1.84. The average molecular weight is 162 g/mol. The van der Waals surface area contributed by atoms with Crippen molar-refractivity contribution in [3.63, 3.8) is 0 Å². The lowest BCUT2D eigenvalue weighted by molar-refractivity contribution is 1.28. The lowest BCUT2D eigenvalue weighted by Gasteiger charge is -2.11. The molecular weight excluding hydrogens is 156 g/mol. The van der Waals surface area contributed by atoms with Crippen LogP contribution in [0.3, 0.4) is 0 Å². The first-order valence-electron chi connectivity index (χ1n) is 2.99. The van der Waals surface area contributed by atoms with Gasteiger partial charge in [-0.2, -0.15) is 10.5 Å². The van der Waals surface area contributed by atoms with E-state index in [2.05, 4.69) is 11.9 Å². The van der Waals surface area contributed by atoms with Crippen LogP contribution in [0.5, 0.6) is 0 Å². The molecule has 0 spiro atoms. The summed E-state index contributed by atoms with van der Waals surface area (Å²) in [4.78, 5) is 0. The van der Waals surface area contributed by atoms with Gasteiger partial charge in [0.15, 0.2) is 0 Å². The lowest BCUT2D eigenvalue weighted by Crippen LogP contribution is -2.04. The van der Waals surface area contributed by atoms with E-state index in [-0.39, 0.29) is 15.7 Å². The van der Waals surface area contributed by atoms with Gasteiger partial charge < -0.3 is 0 Å². The Morgan fingerprint density at radius 2 is 2.27 bits per heavy atom. The summed E-state index contributed by atoms with van der Waals surface area (Å²) in [6.45, 7) is 0. The van der Waals surface area contributed by atoms with E-state index in [1.807, 2.05) is 11.5 Å². The molecule has 54 valence electrons. The van der Waals surface area contributed by atoms with Crippen LogP contribution < -0.4 is 0 Å². The molecule has 0 N–H and O–H groups in total. The lowest BCUT2D eigenvalue weighted by atomic mass is 10.2. The molecule has 0 aromatic heterocycles. The third-order valence-corrected chi connectivity index (χ3v) is 2.83. The molecule has 0 saturated heterocycles. The van der Waals surface area contributed by atoms with Crippen LogP contribution in [0.15, 0.2) is 23.1 Å². The highest BCUT2D eigenvalue weighted by atomic mass is 32.2. The third-order valence-electron chi connectivity index (χ3n) is 1.36. The van der Waals surface area contributed by atoms with Gasteiger partial charge in [0.05, 0.1) is 17.7 Å². The topological polar surface area (TPSA) is 47.6 Å². The summed E-state index contributed by atoms with van der Waals surface area (Å²) >= 11 is 0. The maximum Gasteiger partial charge on any atom is 0.125 e. The summed E-state index contributed by atoms with van der Waals surface area (Å²) in [6, 6.07) is 4.05. The van der Waals surface area contributed by atoms with Gasteiger partial charge in [-0.05, 0) is 11.5 Å². The summed E-state index contributed by atoms with van der Waals surface area (Å²) < 4.78 is 0. The normalized spacial score (nSPS) is 28.4. The largest absolute Gasteiger partial charge is 0.197 e.